The lowest BCUT2D eigenvalue weighted by atomic mass is 10.1. The molecule has 0 radical (unpaired) electrons. The highest BCUT2D eigenvalue weighted by Crippen LogP contribution is 2.33. The van der Waals surface area contributed by atoms with Gasteiger partial charge >= 0.3 is 12.1 Å². The van der Waals surface area contributed by atoms with Gasteiger partial charge in [0.15, 0.2) is 11.6 Å². The molecule has 1 saturated heterocycles. The van der Waals surface area contributed by atoms with Gasteiger partial charge in [-0.1, -0.05) is 5.16 Å². The lowest BCUT2D eigenvalue weighted by Crippen LogP contribution is -2.55. The molecule has 0 N–H and O–H groups in total. The summed E-state index contributed by atoms with van der Waals surface area (Å²) in [5.41, 5.74) is 0.352. The van der Waals surface area contributed by atoms with Crippen molar-refractivity contribution < 1.29 is 27.2 Å². The summed E-state index contributed by atoms with van der Waals surface area (Å²) in [4.78, 5) is 29.4. The van der Waals surface area contributed by atoms with Gasteiger partial charge in [0.2, 0.25) is 5.82 Å². The zero-order valence-corrected chi connectivity index (χ0v) is 21.0. The quantitative estimate of drug-likeness (QED) is 0.321. The van der Waals surface area contributed by atoms with Crippen molar-refractivity contribution in [3.8, 4) is 10.7 Å². The van der Waals surface area contributed by atoms with Gasteiger partial charge < -0.3 is 19.1 Å². The molecular weight excluding hydrogens is 525 g/mol. The number of thiophene rings is 1. The summed E-state index contributed by atoms with van der Waals surface area (Å²) in [6.07, 6.45) is 1.31. The Labute approximate surface area is 218 Å². The molecule has 1 aliphatic rings. The van der Waals surface area contributed by atoms with Crippen molar-refractivity contribution in [2.24, 2.45) is 0 Å². The molecule has 0 aromatic carbocycles. The zero-order valence-electron chi connectivity index (χ0n) is 20.2. The summed E-state index contributed by atoms with van der Waals surface area (Å²) in [6.45, 7) is 5.10. The van der Waals surface area contributed by atoms with Crippen LogP contribution in [0, 0.1) is 0 Å². The summed E-state index contributed by atoms with van der Waals surface area (Å²) in [5.74, 6) is -0.985. The Hall–Kier alpha value is -3.98. The molecule has 0 bridgehead atoms. The van der Waals surface area contributed by atoms with Crippen LogP contribution in [0.2, 0.25) is 0 Å². The number of aromatic nitrogens is 6. The van der Waals surface area contributed by atoms with Gasteiger partial charge in [-0.15, -0.1) is 16.4 Å². The number of nitrogens with zero attached hydrogens (tertiary/aromatic N) is 8. The summed E-state index contributed by atoms with van der Waals surface area (Å²) < 4.78 is 48.6. The highest BCUT2D eigenvalue weighted by atomic mass is 32.1. The third-order valence-corrected chi connectivity index (χ3v) is 6.52. The number of likely N-dealkylation sites (tertiary alicyclic amines) is 1. The zero-order chi connectivity index (χ0) is 26.9. The molecule has 1 fully saturated rings. The lowest BCUT2D eigenvalue weighted by Gasteiger charge is -2.39. The third-order valence-electron chi connectivity index (χ3n) is 5.46. The van der Waals surface area contributed by atoms with Crippen LogP contribution in [0.1, 0.15) is 35.0 Å². The second-order valence-electron chi connectivity index (χ2n) is 8.66. The molecule has 4 aromatic rings. The number of carbonyl (C=O) groups is 1. The number of amides is 1. The number of halogens is 3. The third kappa shape index (κ3) is 5.62. The summed E-state index contributed by atoms with van der Waals surface area (Å²) in [5, 5.41) is 11.7. The summed E-state index contributed by atoms with van der Waals surface area (Å²) in [7, 11) is 0. The second-order valence-corrected chi connectivity index (χ2v) is 9.82. The highest BCUT2D eigenvalue weighted by Gasteiger charge is 2.38. The maximum absolute atomic E-state index is 13.0. The summed E-state index contributed by atoms with van der Waals surface area (Å²) in [6, 6.07) is 4.94. The van der Waals surface area contributed by atoms with Crippen molar-refractivity contribution in [2.45, 2.75) is 38.8 Å². The molecular formula is C23H21F3N8O3S. The number of hydrogen-bond donors (Lipinski definition) is 0. The average molecular weight is 547 g/mol. The molecule has 198 valence electrons. The molecule has 0 saturated carbocycles. The van der Waals surface area contributed by atoms with E-state index in [1.807, 2.05) is 13.8 Å². The minimum Gasteiger partial charge on any atom is -0.372 e. The first-order chi connectivity index (χ1) is 18.2. The fraction of sp³-hybridized carbons (Fsp3) is 0.348. The molecule has 38 heavy (non-hydrogen) atoms. The first-order valence-corrected chi connectivity index (χ1v) is 12.3. The van der Waals surface area contributed by atoms with Crippen molar-refractivity contribution in [1.29, 1.82) is 0 Å². The monoisotopic (exact) mass is 546 g/mol. The van der Waals surface area contributed by atoms with Crippen molar-refractivity contribution in [1.82, 2.24) is 35.2 Å². The molecule has 0 aliphatic carbocycles. The Morgan fingerprint density at radius 3 is 2.74 bits per heavy atom. The lowest BCUT2D eigenvalue weighted by molar-refractivity contribution is -0.159. The minimum absolute atomic E-state index is 0.00347. The maximum atomic E-state index is 13.0. The fourth-order valence-electron chi connectivity index (χ4n) is 3.75. The molecule has 5 rings (SSSR count). The number of carbonyl (C=O) groups excluding carboxylic acids is 1. The van der Waals surface area contributed by atoms with E-state index in [9.17, 15) is 18.0 Å². The van der Waals surface area contributed by atoms with E-state index < -0.39 is 12.1 Å². The molecule has 5 heterocycles. The van der Waals surface area contributed by atoms with E-state index >= 15 is 0 Å². The normalized spacial score (nSPS) is 14.1. The number of rotatable bonds is 8. The Morgan fingerprint density at radius 2 is 2.05 bits per heavy atom. The molecule has 11 nitrogen and oxygen atoms in total. The highest BCUT2D eigenvalue weighted by molar-refractivity contribution is 7.15. The van der Waals surface area contributed by atoms with Gasteiger partial charge in [-0.25, -0.2) is 4.98 Å². The van der Waals surface area contributed by atoms with Crippen molar-refractivity contribution in [2.75, 3.05) is 18.0 Å². The molecule has 1 aliphatic heterocycles. The number of anilines is 2. The van der Waals surface area contributed by atoms with Gasteiger partial charge in [-0.3, -0.25) is 9.78 Å². The van der Waals surface area contributed by atoms with E-state index in [-0.39, 0.29) is 30.5 Å². The average Bonchev–Trinajstić information content (AvgIpc) is 3.54. The van der Waals surface area contributed by atoms with Crippen LogP contribution >= 0.6 is 11.3 Å². The van der Waals surface area contributed by atoms with E-state index in [1.54, 1.807) is 28.0 Å². The Morgan fingerprint density at radius 1 is 1.24 bits per heavy atom. The summed E-state index contributed by atoms with van der Waals surface area (Å²) >= 11 is 1.18. The van der Waals surface area contributed by atoms with Crippen molar-refractivity contribution in [3.63, 3.8) is 0 Å². The Kier molecular flexibility index (Phi) is 7.03. The first kappa shape index (κ1) is 25.7. The van der Waals surface area contributed by atoms with E-state index in [4.69, 9.17) is 4.74 Å². The molecule has 4 aromatic heterocycles. The number of ether oxygens (including phenoxy) is 1. The van der Waals surface area contributed by atoms with Crippen LogP contribution < -0.4 is 4.90 Å². The predicted octanol–water partition coefficient (Wildman–Crippen LogP) is 3.98. The standard InChI is InChI=1S/C23H21F3N8O3S/c1-13(2)36-15-10-33(11-15)21(35)14-7-18(31-29-8-14)34(19-9-27-5-6-28-19)12-16-3-4-17(38-16)20-30-22(37-32-20)23(24,25)26/h3-9,13,15H,10-12H2,1-2H3. The van der Waals surface area contributed by atoms with E-state index in [0.29, 0.717) is 35.2 Å². The Balaban J connectivity index is 1.37. The molecule has 1 amide bonds. The molecule has 0 unspecified atom stereocenters. The predicted molar refractivity (Wildman–Crippen MR) is 128 cm³/mol. The minimum atomic E-state index is -4.73. The molecule has 0 spiro atoms. The van der Waals surface area contributed by atoms with Gasteiger partial charge in [0.05, 0.1) is 41.6 Å². The van der Waals surface area contributed by atoms with Gasteiger partial charge in [-0.05, 0) is 32.0 Å². The number of alkyl halides is 3. The van der Waals surface area contributed by atoms with Crippen LogP contribution in [0.3, 0.4) is 0 Å². The fourth-order valence-corrected chi connectivity index (χ4v) is 4.67. The van der Waals surface area contributed by atoms with Gasteiger partial charge in [0.1, 0.15) is 0 Å². The van der Waals surface area contributed by atoms with Crippen LogP contribution in [0.25, 0.3) is 10.7 Å². The SMILES string of the molecule is CC(C)OC1CN(C(=O)c2cnnc(N(Cc3ccc(-c4noc(C(F)(F)F)n4)s3)c3cnccn3)c2)C1. The largest absolute Gasteiger partial charge is 0.471 e. The smallest absolute Gasteiger partial charge is 0.372 e. The van der Waals surface area contributed by atoms with E-state index in [1.165, 1.54) is 36.1 Å². The first-order valence-electron chi connectivity index (χ1n) is 11.5. The number of hydrogen-bond acceptors (Lipinski definition) is 11. The molecule has 15 heteroatoms. The van der Waals surface area contributed by atoms with E-state index in [2.05, 4.69) is 34.8 Å². The van der Waals surface area contributed by atoms with Gasteiger partial charge in [0, 0.05) is 30.4 Å². The van der Waals surface area contributed by atoms with Crippen molar-refractivity contribution >= 4 is 28.9 Å². The second kappa shape index (κ2) is 10.4. The van der Waals surface area contributed by atoms with Gasteiger partial charge in [0.25, 0.3) is 5.91 Å². The van der Waals surface area contributed by atoms with Crippen LogP contribution in [0.5, 0.6) is 0 Å². The van der Waals surface area contributed by atoms with Gasteiger partial charge in [-0.2, -0.15) is 23.3 Å². The van der Waals surface area contributed by atoms with Crippen LogP contribution in [-0.4, -0.2) is 66.4 Å². The van der Waals surface area contributed by atoms with Crippen LogP contribution in [-0.2, 0) is 17.5 Å². The Bertz CT molecular complexity index is 1410. The van der Waals surface area contributed by atoms with Crippen molar-refractivity contribution in [3.05, 3.63) is 59.3 Å². The molecule has 0 atom stereocenters. The van der Waals surface area contributed by atoms with E-state index in [0.717, 1.165) is 4.88 Å². The topological polar surface area (TPSA) is 123 Å². The van der Waals surface area contributed by atoms with Crippen LogP contribution in [0.4, 0.5) is 24.8 Å². The van der Waals surface area contributed by atoms with Crippen LogP contribution in [0.15, 0.2) is 47.5 Å². The maximum Gasteiger partial charge on any atom is 0.471 e.